The molecule has 0 spiro atoms. The lowest BCUT2D eigenvalue weighted by Gasteiger charge is -2.11. The zero-order valence-corrected chi connectivity index (χ0v) is 15.3. The molecule has 4 rings (SSSR count). The standard InChI is InChI=1S/C17H17N7O4/c1-20-13-12(15(26)21(2)16(20)27)22(9-19-13)5-6-23-14(25)10(7-18)8-24(17(23)28)11-3-4-11/h8-9,11H,3-6H2,1-2H3. The molecule has 3 heterocycles. The fourth-order valence-electron chi connectivity index (χ4n) is 3.28. The van der Waals surface area contributed by atoms with Crippen molar-refractivity contribution in [3.63, 3.8) is 0 Å². The van der Waals surface area contributed by atoms with E-state index in [-0.39, 0.29) is 35.9 Å². The first-order valence-corrected chi connectivity index (χ1v) is 8.72. The van der Waals surface area contributed by atoms with Crippen LogP contribution >= 0.6 is 0 Å². The van der Waals surface area contributed by atoms with Gasteiger partial charge in [0.15, 0.2) is 11.2 Å². The third kappa shape index (κ3) is 2.53. The number of imidazole rings is 1. The quantitative estimate of drug-likeness (QED) is 0.548. The van der Waals surface area contributed by atoms with Gasteiger partial charge in [0.25, 0.3) is 11.1 Å². The molecule has 0 aromatic carbocycles. The molecule has 0 bridgehead atoms. The smallest absolute Gasteiger partial charge is 0.323 e. The highest BCUT2D eigenvalue weighted by atomic mass is 16.2. The average molecular weight is 383 g/mol. The van der Waals surface area contributed by atoms with Crippen molar-refractivity contribution in [2.75, 3.05) is 0 Å². The fraction of sp³-hybridized carbons (Fsp3) is 0.412. The van der Waals surface area contributed by atoms with Crippen molar-refractivity contribution in [2.24, 2.45) is 14.1 Å². The maximum atomic E-state index is 12.7. The van der Waals surface area contributed by atoms with Crippen LogP contribution in [0.1, 0.15) is 24.4 Å². The van der Waals surface area contributed by atoms with Gasteiger partial charge in [0.05, 0.1) is 6.33 Å². The maximum Gasteiger partial charge on any atom is 0.332 e. The molecular weight excluding hydrogens is 366 g/mol. The van der Waals surface area contributed by atoms with E-state index in [9.17, 15) is 24.4 Å². The van der Waals surface area contributed by atoms with E-state index >= 15 is 0 Å². The largest absolute Gasteiger partial charge is 0.332 e. The summed E-state index contributed by atoms with van der Waals surface area (Å²) in [5, 5.41) is 9.21. The second-order valence-corrected chi connectivity index (χ2v) is 6.85. The zero-order chi connectivity index (χ0) is 20.2. The SMILES string of the molecule is Cn1c(=O)c2c(ncn2CCn2c(=O)c(C#N)cn(C3CC3)c2=O)n(C)c1=O. The minimum absolute atomic E-state index is 0.0161. The lowest BCUT2D eigenvalue weighted by molar-refractivity contribution is 0.513. The van der Waals surface area contributed by atoms with Gasteiger partial charge in [-0.1, -0.05) is 0 Å². The average Bonchev–Trinajstić information content (AvgIpc) is 3.43. The van der Waals surface area contributed by atoms with Crippen LogP contribution in [-0.4, -0.2) is 27.8 Å². The maximum absolute atomic E-state index is 12.7. The second-order valence-electron chi connectivity index (χ2n) is 6.85. The molecule has 0 aliphatic heterocycles. The van der Waals surface area contributed by atoms with Gasteiger partial charge in [0.2, 0.25) is 0 Å². The van der Waals surface area contributed by atoms with E-state index in [1.165, 1.54) is 40.3 Å². The third-order valence-corrected chi connectivity index (χ3v) is 5.04. The molecule has 0 unspecified atom stereocenters. The van der Waals surface area contributed by atoms with Crippen LogP contribution in [0.5, 0.6) is 0 Å². The Morgan fingerprint density at radius 3 is 2.43 bits per heavy atom. The van der Waals surface area contributed by atoms with Crippen molar-refractivity contribution in [1.82, 2.24) is 27.8 Å². The van der Waals surface area contributed by atoms with E-state index in [0.717, 1.165) is 22.0 Å². The van der Waals surface area contributed by atoms with Crippen LogP contribution in [0.3, 0.4) is 0 Å². The Labute approximate surface area is 156 Å². The first kappa shape index (κ1) is 17.7. The van der Waals surface area contributed by atoms with Crippen LogP contribution in [0, 0.1) is 11.3 Å². The van der Waals surface area contributed by atoms with Gasteiger partial charge in [-0.25, -0.2) is 14.6 Å². The number of fused-ring (bicyclic) bond motifs is 1. The monoisotopic (exact) mass is 383 g/mol. The second kappa shape index (κ2) is 6.19. The van der Waals surface area contributed by atoms with Gasteiger partial charge in [-0.15, -0.1) is 0 Å². The van der Waals surface area contributed by atoms with Crippen molar-refractivity contribution in [2.45, 2.75) is 32.0 Å². The predicted molar refractivity (Wildman–Crippen MR) is 98.2 cm³/mol. The molecule has 0 saturated heterocycles. The van der Waals surface area contributed by atoms with Crippen LogP contribution in [0.4, 0.5) is 0 Å². The summed E-state index contributed by atoms with van der Waals surface area (Å²) in [5.41, 5.74) is -1.80. The summed E-state index contributed by atoms with van der Waals surface area (Å²) in [6, 6.07) is 1.85. The summed E-state index contributed by atoms with van der Waals surface area (Å²) in [7, 11) is 2.88. The molecule has 0 amide bonds. The molecule has 0 atom stereocenters. The number of aromatic nitrogens is 6. The predicted octanol–water partition coefficient (Wildman–Crippen LogP) is -1.34. The molecule has 3 aromatic rings. The van der Waals surface area contributed by atoms with E-state index in [2.05, 4.69) is 4.98 Å². The molecular formula is C17H17N7O4. The van der Waals surface area contributed by atoms with Gasteiger partial charge < -0.3 is 4.57 Å². The normalized spacial score (nSPS) is 13.8. The lowest BCUT2D eigenvalue weighted by atomic mass is 10.3. The van der Waals surface area contributed by atoms with Crippen LogP contribution in [0.25, 0.3) is 11.2 Å². The molecule has 1 fully saturated rings. The van der Waals surface area contributed by atoms with Crippen molar-refractivity contribution in [3.05, 3.63) is 59.8 Å². The highest BCUT2D eigenvalue weighted by Crippen LogP contribution is 2.33. The highest BCUT2D eigenvalue weighted by Gasteiger charge is 2.27. The van der Waals surface area contributed by atoms with Crippen molar-refractivity contribution in [1.29, 1.82) is 5.26 Å². The van der Waals surface area contributed by atoms with Gasteiger partial charge in [-0.3, -0.25) is 27.9 Å². The third-order valence-electron chi connectivity index (χ3n) is 5.04. The van der Waals surface area contributed by atoms with Crippen LogP contribution in [0.15, 0.2) is 31.7 Å². The fourth-order valence-corrected chi connectivity index (χ4v) is 3.28. The van der Waals surface area contributed by atoms with Crippen molar-refractivity contribution < 1.29 is 0 Å². The first-order valence-electron chi connectivity index (χ1n) is 8.72. The van der Waals surface area contributed by atoms with E-state index < -0.39 is 22.5 Å². The molecule has 28 heavy (non-hydrogen) atoms. The Morgan fingerprint density at radius 1 is 1.07 bits per heavy atom. The summed E-state index contributed by atoms with van der Waals surface area (Å²) < 4.78 is 6.17. The van der Waals surface area contributed by atoms with Crippen LogP contribution in [0.2, 0.25) is 0 Å². The minimum atomic E-state index is -0.658. The molecule has 1 aliphatic carbocycles. The lowest BCUT2D eigenvalue weighted by Crippen LogP contribution is -2.41. The number of nitriles is 1. The number of nitrogens with zero attached hydrogens (tertiary/aromatic N) is 7. The van der Waals surface area contributed by atoms with E-state index in [1.54, 1.807) is 0 Å². The molecule has 11 heteroatoms. The Morgan fingerprint density at radius 2 is 1.79 bits per heavy atom. The van der Waals surface area contributed by atoms with Gasteiger partial charge in [0.1, 0.15) is 11.6 Å². The number of hydrogen-bond acceptors (Lipinski definition) is 6. The molecule has 11 nitrogen and oxygen atoms in total. The van der Waals surface area contributed by atoms with Crippen molar-refractivity contribution in [3.8, 4) is 6.07 Å². The summed E-state index contributed by atoms with van der Waals surface area (Å²) in [6.07, 6.45) is 4.37. The van der Waals surface area contributed by atoms with Gasteiger partial charge in [-0.2, -0.15) is 5.26 Å². The molecule has 3 aromatic heterocycles. The van der Waals surface area contributed by atoms with E-state index in [4.69, 9.17) is 0 Å². The van der Waals surface area contributed by atoms with Gasteiger partial charge in [0, 0.05) is 39.4 Å². The topological polar surface area (TPSA) is 130 Å². The molecule has 1 saturated carbocycles. The molecule has 0 radical (unpaired) electrons. The molecule has 144 valence electrons. The Hall–Kier alpha value is -3.68. The van der Waals surface area contributed by atoms with Crippen LogP contribution < -0.4 is 22.5 Å². The van der Waals surface area contributed by atoms with Crippen LogP contribution in [-0.2, 0) is 27.2 Å². The van der Waals surface area contributed by atoms with Crippen molar-refractivity contribution >= 4 is 11.2 Å². The summed E-state index contributed by atoms with van der Waals surface area (Å²) in [4.78, 5) is 53.7. The number of rotatable bonds is 4. The summed E-state index contributed by atoms with van der Waals surface area (Å²) >= 11 is 0. The molecule has 1 aliphatic rings. The Bertz CT molecular complexity index is 1390. The summed E-state index contributed by atoms with van der Waals surface area (Å²) in [5.74, 6) is 0. The first-order chi connectivity index (χ1) is 13.3. The van der Waals surface area contributed by atoms with E-state index in [1.807, 2.05) is 6.07 Å². The zero-order valence-electron chi connectivity index (χ0n) is 15.3. The number of hydrogen-bond donors (Lipinski definition) is 0. The Balaban J connectivity index is 1.80. The van der Waals surface area contributed by atoms with E-state index in [0.29, 0.717) is 0 Å². The summed E-state index contributed by atoms with van der Waals surface area (Å²) in [6.45, 7) is 0.0794. The highest BCUT2D eigenvalue weighted by molar-refractivity contribution is 5.69. The number of aryl methyl sites for hydroxylation is 2. The Kier molecular flexibility index (Phi) is 3.92. The minimum Gasteiger partial charge on any atom is -0.323 e. The van der Waals surface area contributed by atoms with Gasteiger partial charge >= 0.3 is 11.4 Å². The molecule has 0 N–H and O–H groups in total. The van der Waals surface area contributed by atoms with Gasteiger partial charge in [-0.05, 0) is 12.8 Å².